The van der Waals surface area contributed by atoms with Crippen molar-refractivity contribution < 1.29 is 14.3 Å². The van der Waals surface area contributed by atoms with E-state index in [9.17, 15) is 14.9 Å². The number of halogens is 1. The lowest BCUT2D eigenvalue weighted by Gasteiger charge is -2.34. The molecular formula is C20H21ClN4O3. The molecule has 1 aromatic heterocycles. The van der Waals surface area contributed by atoms with Gasteiger partial charge in [-0.25, -0.2) is 0 Å². The first kappa shape index (κ1) is 19.9. The minimum Gasteiger partial charge on any atom is -0.465 e. The second-order valence-corrected chi connectivity index (χ2v) is 7.01. The molecule has 28 heavy (non-hydrogen) atoms. The van der Waals surface area contributed by atoms with Crippen LogP contribution in [0, 0.1) is 17.2 Å². The summed E-state index contributed by atoms with van der Waals surface area (Å²) in [4.78, 5) is 30.1. The standard InChI is InChI=1S/C20H21ClN4O3/c1-2-28-18(26)12-24-20(27)13-5-7-25(8-6-13)19-14(10-22)11-23-17-4-3-15(21)9-16(17)19/h3-4,9,11,13H,2,5-8,12H2,1H3,(H,24,27). The Bertz CT molecular complexity index is 933. The maximum atomic E-state index is 12.3. The van der Waals surface area contributed by atoms with E-state index < -0.39 is 5.97 Å². The summed E-state index contributed by atoms with van der Waals surface area (Å²) in [5, 5.41) is 13.6. The topological polar surface area (TPSA) is 95.3 Å². The van der Waals surface area contributed by atoms with E-state index in [4.69, 9.17) is 16.3 Å². The highest BCUT2D eigenvalue weighted by molar-refractivity contribution is 6.31. The molecule has 0 radical (unpaired) electrons. The Morgan fingerprint density at radius 3 is 2.82 bits per heavy atom. The monoisotopic (exact) mass is 400 g/mol. The van der Waals surface area contributed by atoms with Crippen molar-refractivity contribution in [2.45, 2.75) is 19.8 Å². The number of nitrogens with one attached hydrogen (secondary N) is 1. The number of carbonyl (C=O) groups is 2. The van der Waals surface area contributed by atoms with Gasteiger partial charge >= 0.3 is 5.97 Å². The number of piperidine rings is 1. The van der Waals surface area contributed by atoms with Gasteiger partial charge in [-0.2, -0.15) is 5.26 Å². The Balaban J connectivity index is 1.71. The molecular weight excluding hydrogens is 380 g/mol. The van der Waals surface area contributed by atoms with Gasteiger partial charge in [0.15, 0.2) is 0 Å². The Labute approximate surface area is 168 Å². The normalized spacial score (nSPS) is 14.5. The molecule has 146 valence electrons. The van der Waals surface area contributed by atoms with Gasteiger partial charge in [0.1, 0.15) is 12.6 Å². The summed E-state index contributed by atoms with van der Waals surface area (Å²) in [6, 6.07) is 7.62. The summed E-state index contributed by atoms with van der Waals surface area (Å²) in [5.41, 5.74) is 2.06. The van der Waals surface area contributed by atoms with Crippen molar-refractivity contribution in [2.75, 3.05) is 31.1 Å². The minimum atomic E-state index is -0.438. The first-order valence-electron chi connectivity index (χ1n) is 9.20. The molecule has 1 N–H and O–H groups in total. The van der Waals surface area contributed by atoms with Crippen LogP contribution < -0.4 is 10.2 Å². The van der Waals surface area contributed by atoms with Crippen molar-refractivity contribution in [2.24, 2.45) is 5.92 Å². The zero-order valence-corrected chi connectivity index (χ0v) is 16.3. The Morgan fingerprint density at radius 1 is 1.39 bits per heavy atom. The molecule has 1 aliphatic rings. The van der Waals surface area contributed by atoms with Crippen molar-refractivity contribution in [3.63, 3.8) is 0 Å². The van der Waals surface area contributed by atoms with Gasteiger partial charge in [0.25, 0.3) is 0 Å². The molecule has 0 bridgehead atoms. The molecule has 3 rings (SSSR count). The molecule has 1 amide bonds. The number of anilines is 1. The molecule has 7 nitrogen and oxygen atoms in total. The largest absolute Gasteiger partial charge is 0.465 e. The third kappa shape index (κ3) is 4.34. The number of esters is 1. The fourth-order valence-electron chi connectivity index (χ4n) is 3.45. The summed E-state index contributed by atoms with van der Waals surface area (Å²) in [5.74, 6) is -0.754. The van der Waals surface area contributed by atoms with Crippen LogP contribution in [0.5, 0.6) is 0 Å². The number of fused-ring (bicyclic) bond motifs is 1. The zero-order valence-electron chi connectivity index (χ0n) is 15.6. The number of amides is 1. The van der Waals surface area contributed by atoms with Crippen molar-refractivity contribution in [3.05, 3.63) is 35.0 Å². The van der Waals surface area contributed by atoms with Crippen LogP contribution in [-0.4, -0.2) is 43.1 Å². The van der Waals surface area contributed by atoms with E-state index in [1.807, 2.05) is 12.1 Å². The van der Waals surface area contributed by atoms with Gasteiger partial charge in [0, 0.05) is 35.6 Å². The van der Waals surface area contributed by atoms with Crippen LogP contribution in [0.25, 0.3) is 10.9 Å². The molecule has 0 unspecified atom stereocenters. The molecule has 0 atom stereocenters. The van der Waals surface area contributed by atoms with Gasteiger partial charge in [-0.15, -0.1) is 0 Å². The Kier molecular flexibility index (Phi) is 6.32. The number of pyridine rings is 1. The lowest BCUT2D eigenvalue weighted by atomic mass is 9.94. The summed E-state index contributed by atoms with van der Waals surface area (Å²) in [6.07, 6.45) is 2.83. The van der Waals surface area contributed by atoms with Gasteiger partial charge < -0.3 is 15.0 Å². The number of ether oxygens (including phenoxy) is 1. The van der Waals surface area contributed by atoms with Gasteiger partial charge in [-0.05, 0) is 38.0 Å². The molecule has 0 spiro atoms. The summed E-state index contributed by atoms with van der Waals surface area (Å²) in [6.45, 7) is 3.15. The number of rotatable bonds is 5. The summed E-state index contributed by atoms with van der Waals surface area (Å²) in [7, 11) is 0. The fraction of sp³-hybridized carbons (Fsp3) is 0.400. The summed E-state index contributed by atoms with van der Waals surface area (Å²) >= 11 is 6.15. The maximum Gasteiger partial charge on any atom is 0.325 e. The summed E-state index contributed by atoms with van der Waals surface area (Å²) < 4.78 is 4.82. The number of hydrogen-bond donors (Lipinski definition) is 1. The van der Waals surface area contributed by atoms with Crippen molar-refractivity contribution in [1.82, 2.24) is 10.3 Å². The number of benzene rings is 1. The lowest BCUT2D eigenvalue weighted by molar-refractivity contribution is -0.143. The quantitative estimate of drug-likeness (QED) is 0.775. The molecule has 2 heterocycles. The van der Waals surface area contributed by atoms with Gasteiger partial charge in [-0.3, -0.25) is 14.6 Å². The van der Waals surface area contributed by atoms with E-state index in [1.165, 1.54) is 0 Å². The lowest BCUT2D eigenvalue weighted by Crippen LogP contribution is -2.42. The van der Waals surface area contributed by atoms with Crippen LogP contribution in [0.2, 0.25) is 5.02 Å². The first-order chi connectivity index (χ1) is 13.5. The molecule has 1 aliphatic heterocycles. The van der Waals surface area contributed by atoms with Crippen LogP contribution in [0.15, 0.2) is 24.4 Å². The van der Waals surface area contributed by atoms with Crippen molar-refractivity contribution in [3.8, 4) is 6.07 Å². The van der Waals surface area contributed by atoms with Crippen molar-refractivity contribution in [1.29, 1.82) is 5.26 Å². The molecule has 8 heteroatoms. The van der Waals surface area contributed by atoms with Crippen molar-refractivity contribution >= 4 is 40.1 Å². The van der Waals surface area contributed by atoms with E-state index in [2.05, 4.69) is 21.3 Å². The first-order valence-corrected chi connectivity index (χ1v) is 9.58. The smallest absolute Gasteiger partial charge is 0.325 e. The van der Waals surface area contributed by atoms with E-state index >= 15 is 0 Å². The predicted molar refractivity (Wildman–Crippen MR) is 106 cm³/mol. The average molecular weight is 401 g/mol. The number of carbonyl (C=O) groups excluding carboxylic acids is 2. The predicted octanol–water partition coefficient (Wildman–Crippen LogP) is 2.66. The molecule has 1 saturated heterocycles. The number of nitriles is 1. The second kappa shape index (κ2) is 8.89. The molecule has 1 fully saturated rings. The van der Waals surface area contributed by atoms with E-state index in [0.29, 0.717) is 36.5 Å². The van der Waals surface area contributed by atoms with Crippen LogP contribution >= 0.6 is 11.6 Å². The fourth-order valence-corrected chi connectivity index (χ4v) is 3.63. The molecule has 0 saturated carbocycles. The molecule has 2 aromatic rings. The number of hydrogen-bond acceptors (Lipinski definition) is 6. The van der Waals surface area contributed by atoms with Gasteiger partial charge in [-0.1, -0.05) is 11.6 Å². The van der Waals surface area contributed by atoms with Crippen LogP contribution in [-0.2, 0) is 14.3 Å². The van der Waals surface area contributed by atoms with Crippen LogP contribution in [0.3, 0.4) is 0 Å². The highest BCUT2D eigenvalue weighted by atomic mass is 35.5. The minimum absolute atomic E-state index is 0.112. The second-order valence-electron chi connectivity index (χ2n) is 6.58. The van der Waals surface area contributed by atoms with Gasteiger partial charge in [0.2, 0.25) is 5.91 Å². The number of aromatic nitrogens is 1. The van der Waals surface area contributed by atoms with E-state index in [0.717, 1.165) is 16.6 Å². The van der Waals surface area contributed by atoms with Crippen LogP contribution in [0.4, 0.5) is 5.69 Å². The average Bonchev–Trinajstić information content (AvgIpc) is 2.71. The van der Waals surface area contributed by atoms with Crippen LogP contribution in [0.1, 0.15) is 25.3 Å². The third-order valence-electron chi connectivity index (χ3n) is 4.82. The third-order valence-corrected chi connectivity index (χ3v) is 5.05. The number of nitrogens with zero attached hydrogens (tertiary/aromatic N) is 3. The molecule has 1 aromatic carbocycles. The van der Waals surface area contributed by atoms with E-state index in [-0.39, 0.29) is 25.0 Å². The van der Waals surface area contributed by atoms with Gasteiger partial charge in [0.05, 0.1) is 23.4 Å². The SMILES string of the molecule is CCOC(=O)CNC(=O)C1CCN(c2c(C#N)cnc3ccc(Cl)cc23)CC1. The molecule has 0 aliphatic carbocycles. The maximum absolute atomic E-state index is 12.3. The Hall–Kier alpha value is -2.85. The Morgan fingerprint density at radius 2 is 2.14 bits per heavy atom. The highest BCUT2D eigenvalue weighted by Crippen LogP contribution is 2.33. The highest BCUT2D eigenvalue weighted by Gasteiger charge is 2.27. The van der Waals surface area contributed by atoms with E-state index in [1.54, 1.807) is 19.2 Å². The zero-order chi connectivity index (χ0) is 20.1.